The molecule has 1 rings (SSSR count). The van der Waals surface area contributed by atoms with Gasteiger partial charge in [-0.2, -0.15) is 0 Å². The minimum atomic E-state index is -0.293. The van der Waals surface area contributed by atoms with Crippen molar-refractivity contribution in [2.45, 2.75) is 40.2 Å². The highest BCUT2D eigenvalue weighted by atomic mass is 16.5. The fraction of sp³-hybridized carbons (Fsp3) is 0.583. The van der Waals surface area contributed by atoms with E-state index >= 15 is 0 Å². The molecule has 1 heterocycles. The molecule has 16 heavy (non-hydrogen) atoms. The van der Waals surface area contributed by atoms with Gasteiger partial charge in [-0.05, 0) is 45.2 Å². The van der Waals surface area contributed by atoms with Crippen LogP contribution < -0.4 is 5.73 Å². The molecule has 4 heteroatoms. The van der Waals surface area contributed by atoms with E-state index in [1.165, 1.54) is 0 Å². The molecule has 0 aliphatic rings. The van der Waals surface area contributed by atoms with Crippen LogP contribution in [0.5, 0.6) is 0 Å². The van der Waals surface area contributed by atoms with Gasteiger partial charge >= 0.3 is 5.97 Å². The molecule has 1 unspecified atom stereocenters. The first-order valence-corrected chi connectivity index (χ1v) is 5.58. The number of carbonyl (C=O) groups is 1. The summed E-state index contributed by atoms with van der Waals surface area (Å²) in [6.45, 7) is 8.02. The normalized spacial score (nSPS) is 12.6. The lowest BCUT2D eigenvalue weighted by atomic mass is 10.0. The van der Waals surface area contributed by atoms with Gasteiger partial charge in [0.1, 0.15) is 5.69 Å². The summed E-state index contributed by atoms with van der Waals surface area (Å²) in [5, 5.41) is 0. The molecule has 0 fully saturated rings. The Morgan fingerprint density at radius 1 is 1.50 bits per heavy atom. The van der Waals surface area contributed by atoms with Crippen LogP contribution in [0.2, 0.25) is 0 Å². The molecule has 3 N–H and O–H groups in total. The third kappa shape index (κ3) is 2.64. The van der Waals surface area contributed by atoms with Gasteiger partial charge in [0.05, 0.1) is 6.61 Å². The lowest BCUT2D eigenvalue weighted by Crippen LogP contribution is -2.18. The van der Waals surface area contributed by atoms with E-state index in [9.17, 15) is 4.79 Å². The highest BCUT2D eigenvalue weighted by Crippen LogP contribution is 2.19. The number of nitrogens with two attached hydrogens (primary N) is 1. The summed E-state index contributed by atoms with van der Waals surface area (Å²) in [6.07, 6.45) is 0.771. The number of H-pyrrole nitrogens is 1. The fourth-order valence-electron chi connectivity index (χ4n) is 1.82. The monoisotopic (exact) mass is 224 g/mol. The summed E-state index contributed by atoms with van der Waals surface area (Å²) in [5.74, 6) is -0.293. The van der Waals surface area contributed by atoms with E-state index in [1.54, 1.807) is 6.92 Å². The molecular formula is C12H20N2O2. The standard InChI is InChI=1S/C12H20N2O2/c1-5-16-12(15)11-8(3)10(6-7(2)13)9(4)14-11/h7,14H,5-6,13H2,1-4H3. The summed E-state index contributed by atoms with van der Waals surface area (Å²) in [6, 6.07) is 0.0863. The van der Waals surface area contributed by atoms with Crippen molar-refractivity contribution in [3.8, 4) is 0 Å². The summed E-state index contributed by atoms with van der Waals surface area (Å²) in [5.41, 5.74) is 9.40. The molecule has 1 aromatic heterocycles. The summed E-state index contributed by atoms with van der Waals surface area (Å²) < 4.78 is 4.98. The zero-order chi connectivity index (χ0) is 12.3. The van der Waals surface area contributed by atoms with Crippen LogP contribution in [0.15, 0.2) is 0 Å². The Balaban J connectivity index is 3.01. The van der Waals surface area contributed by atoms with Crippen molar-refractivity contribution in [2.75, 3.05) is 6.61 Å². The van der Waals surface area contributed by atoms with E-state index in [0.29, 0.717) is 12.3 Å². The zero-order valence-electron chi connectivity index (χ0n) is 10.4. The first-order valence-electron chi connectivity index (χ1n) is 5.58. The van der Waals surface area contributed by atoms with Crippen molar-refractivity contribution < 1.29 is 9.53 Å². The maximum Gasteiger partial charge on any atom is 0.355 e. The molecule has 0 aromatic carbocycles. The minimum Gasteiger partial charge on any atom is -0.461 e. The van der Waals surface area contributed by atoms with E-state index in [0.717, 1.165) is 23.2 Å². The summed E-state index contributed by atoms with van der Waals surface area (Å²) in [7, 11) is 0. The average Bonchev–Trinajstić information content (AvgIpc) is 2.45. The Kier molecular flexibility index (Phi) is 4.12. The first kappa shape index (κ1) is 12.8. The zero-order valence-corrected chi connectivity index (χ0v) is 10.4. The van der Waals surface area contributed by atoms with Crippen LogP contribution in [0.25, 0.3) is 0 Å². The van der Waals surface area contributed by atoms with Gasteiger partial charge in [-0.25, -0.2) is 4.79 Å². The number of aromatic nitrogens is 1. The third-order valence-corrected chi connectivity index (χ3v) is 2.60. The molecule has 1 aromatic rings. The van der Waals surface area contributed by atoms with E-state index < -0.39 is 0 Å². The number of aryl methyl sites for hydroxylation is 1. The SMILES string of the molecule is CCOC(=O)c1[nH]c(C)c(CC(C)N)c1C. The number of carbonyl (C=O) groups excluding carboxylic acids is 1. The van der Waals surface area contributed by atoms with Crippen molar-refractivity contribution in [3.05, 3.63) is 22.5 Å². The molecule has 0 aliphatic heterocycles. The predicted octanol–water partition coefficient (Wildman–Crippen LogP) is 1.70. The molecule has 90 valence electrons. The maximum absolute atomic E-state index is 11.6. The molecule has 0 saturated heterocycles. The Bertz CT molecular complexity index is 381. The maximum atomic E-state index is 11.6. The molecule has 1 atom stereocenters. The molecule has 0 spiro atoms. The van der Waals surface area contributed by atoms with Gasteiger partial charge < -0.3 is 15.5 Å². The minimum absolute atomic E-state index is 0.0863. The smallest absolute Gasteiger partial charge is 0.355 e. The van der Waals surface area contributed by atoms with Crippen molar-refractivity contribution in [2.24, 2.45) is 5.73 Å². The van der Waals surface area contributed by atoms with Crippen LogP contribution in [-0.2, 0) is 11.2 Å². The number of nitrogens with one attached hydrogen (secondary N) is 1. The van der Waals surface area contributed by atoms with Crippen LogP contribution in [0.1, 0.15) is 41.2 Å². The van der Waals surface area contributed by atoms with Crippen molar-refractivity contribution in [1.82, 2.24) is 4.98 Å². The second-order valence-electron chi connectivity index (χ2n) is 4.13. The van der Waals surface area contributed by atoms with E-state index in [-0.39, 0.29) is 12.0 Å². The second kappa shape index (κ2) is 5.16. The quantitative estimate of drug-likeness (QED) is 0.765. The van der Waals surface area contributed by atoms with Crippen molar-refractivity contribution in [1.29, 1.82) is 0 Å². The summed E-state index contributed by atoms with van der Waals surface area (Å²) >= 11 is 0. The van der Waals surface area contributed by atoms with Gasteiger partial charge in [0.25, 0.3) is 0 Å². The molecule has 0 saturated carbocycles. The molecular weight excluding hydrogens is 204 g/mol. The number of hydrogen-bond acceptors (Lipinski definition) is 3. The Morgan fingerprint density at radius 3 is 2.62 bits per heavy atom. The highest BCUT2D eigenvalue weighted by molar-refractivity contribution is 5.89. The highest BCUT2D eigenvalue weighted by Gasteiger charge is 2.18. The van der Waals surface area contributed by atoms with E-state index in [4.69, 9.17) is 10.5 Å². The molecule has 0 amide bonds. The molecule has 0 aliphatic carbocycles. The Morgan fingerprint density at radius 2 is 2.12 bits per heavy atom. The molecule has 0 bridgehead atoms. The van der Waals surface area contributed by atoms with Gasteiger partial charge in [0.15, 0.2) is 0 Å². The van der Waals surface area contributed by atoms with Gasteiger partial charge in [0, 0.05) is 11.7 Å². The number of hydrogen-bond donors (Lipinski definition) is 2. The fourth-order valence-corrected chi connectivity index (χ4v) is 1.82. The Hall–Kier alpha value is -1.29. The van der Waals surface area contributed by atoms with E-state index in [1.807, 2.05) is 20.8 Å². The van der Waals surface area contributed by atoms with Gasteiger partial charge in [-0.1, -0.05) is 0 Å². The predicted molar refractivity (Wildman–Crippen MR) is 63.6 cm³/mol. The second-order valence-corrected chi connectivity index (χ2v) is 4.13. The van der Waals surface area contributed by atoms with Gasteiger partial charge in [0.2, 0.25) is 0 Å². The first-order chi connectivity index (χ1) is 7.47. The average molecular weight is 224 g/mol. The third-order valence-electron chi connectivity index (χ3n) is 2.60. The number of esters is 1. The van der Waals surface area contributed by atoms with Crippen LogP contribution in [0, 0.1) is 13.8 Å². The van der Waals surface area contributed by atoms with Crippen LogP contribution in [0.4, 0.5) is 0 Å². The lowest BCUT2D eigenvalue weighted by molar-refractivity contribution is 0.0519. The van der Waals surface area contributed by atoms with Gasteiger partial charge in [-0.3, -0.25) is 0 Å². The van der Waals surface area contributed by atoms with Crippen LogP contribution >= 0.6 is 0 Å². The molecule has 0 radical (unpaired) electrons. The number of ether oxygens (including phenoxy) is 1. The van der Waals surface area contributed by atoms with Crippen molar-refractivity contribution in [3.63, 3.8) is 0 Å². The Labute approximate surface area is 96.2 Å². The summed E-state index contributed by atoms with van der Waals surface area (Å²) in [4.78, 5) is 14.7. The molecule has 4 nitrogen and oxygen atoms in total. The van der Waals surface area contributed by atoms with Crippen molar-refractivity contribution >= 4 is 5.97 Å². The van der Waals surface area contributed by atoms with Crippen LogP contribution in [-0.4, -0.2) is 23.6 Å². The topological polar surface area (TPSA) is 68.1 Å². The van der Waals surface area contributed by atoms with E-state index in [2.05, 4.69) is 4.98 Å². The largest absolute Gasteiger partial charge is 0.461 e. The van der Waals surface area contributed by atoms with Gasteiger partial charge in [-0.15, -0.1) is 0 Å². The lowest BCUT2D eigenvalue weighted by Gasteiger charge is -2.06. The number of aromatic amines is 1. The number of rotatable bonds is 4. The van der Waals surface area contributed by atoms with Crippen LogP contribution in [0.3, 0.4) is 0 Å².